The molecule has 2 aromatic rings. The SMILES string of the molecule is CCOC(=O)c1ccc(NC(=O)c2cccc(C(=O)NCC3CCCO3)n2)cc1. The molecule has 0 spiro atoms. The van der Waals surface area contributed by atoms with Gasteiger partial charge in [0, 0.05) is 18.8 Å². The number of benzene rings is 1. The summed E-state index contributed by atoms with van der Waals surface area (Å²) in [4.78, 5) is 40.6. The van der Waals surface area contributed by atoms with Crippen LogP contribution in [0.1, 0.15) is 51.1 Å². The van der Waals surface area contributed by atoms with Crippen LogP contribution in [0.3, 0.4) is 0 Å². The third kappa shape index (κ3) is 5.61. The molecule has 1 saturated heterocycles. The summed E-state index contributed by atoms with van der Waals surface area (Å²) in [5, 5.41) is 5.48. The van der Waals surface area contributed by atoms with Gasteiger partial charge in [0.05, 0.1) is 18.3 Å². The van der Waals surface area contributed by atoms with Crippen LogP contribution < -0.4 is 10.6 Å². The minimum atomic E-state index is -0.456. The summed E-state index contributed by atoms with van der Waals surface area (Å²) in [6.07, 6.45) is 1.95. The van der Waals surface area contributed by atoms with E-state index >= 15 is 0 Å². The van der Waals surface area contributed by atoms with Crippen molar-refractivity contribution in [3.8, 4) is 0 Å². The normalized spacial score (nSPS) is 15.6. The van der Waals surface area contributed by atoms with Gasteiger partial charge in [-0.05, 0) is 56.2 Å². The molecule has 152 valence electrons. The molecule has 2 amide bonds. The van der Waals surface area contributed by atoms with E-state index < -0.39 is 11.9 Å². The van der Waals surface area contributed by atoms with Gasteiger partial charge in [0.1, 0.15) is 11.4 Å². The topological polar surface area (TPSA) is 107 Å². The van der Waals surface area contributed by atoms with Crippen LogP contribution in [-0.4, -0.2) is 48.6 Å². The Bertz CT molecular complexity index is 876. The number of carbonyl (C=O) groups is 3. The monoisotopic (exact) mass is 397 g/mol. The van der Waals surface area contributed by atoms with Gasteiger partial charge in [0.25, 0.3) is 11.8 Å². The Hall–Kier alpha value is -3.26. The van der Waals surface area contributed by atoms with Crippen molar-refractivity contribution in [3.63, 3.8) is 0 Å². The van der Waals surface area contributed by atoms with E-state index in [9.17, 15) is 14.4 Å². The summed E-state index contributed by atoms with van der Waals surface area (Å²) in [6, 6.07) is 11.0. The van der Waals surface area contributed by atoms with E-state index in [1.54, 1.807) is 43.3 Å². The van der Waals surface area contributed by atoms with E-state index in [1.165, 1.54) is 6.07 Å². The van der Waals surface area contributed by atoms with Crippen molar-refractivity contribution in [1.29, 1.82) is 0 Å². The fraction of sp³-hybridized carbons (Fsp3) is 0.333. The molecule has 1 aliphatic heterocycles. The fourth-order valence-electron chi connectivity index (χ4n) is 2.89. The van der Waals surface area contributed by atoms with E-state index in [0.717, 1.165) is 19.4 Å². The first-order chi connectivity index (χ1) is 14.1. The maximum absolute atomic E-state index is 12.5. The summed E-state index contributed by atoms with van der Waals surface area (Å²) in [5.41, 5.74) is 1.17. The Morgan fingerprint density at radius 3 is 2.48 bits per heavy atom. The highest BCUT2D eigenvalue weighted by molar-refractivity contribution is 6.04. The van der Waals surface area contributed by atoms with Gasteiger partial charge in [-0.25, -0.2) is 9.78 Å². The van der Waals surface area contributed by atoms with Crippen LogP contribution in [0.25, 0.3) is 0 Å². The zero-order chi connectivity index (χ0) is 20.6. The molecule has 29 heavy (non-hydrogen) atoms. The first-order valence-corrected chi connectivity index (χ1v) is 9.52. The summed E-state index contributed by atoms with van der Waals surface area (Å²) < 4.78 is 10.4. The highest BCUT2D eigenvalue weighted by atomic mass is 16.5. The summed E-state index contributed by atoms with van der Waals surface area (Å²) in [6.45, 7) is 3.16. The van der Waals surface area contributed by atoms with Gasteiger partial charge in [0.2, 0.25) is 0 Å². The zero-order valence-corrected chi connectivity index (χ0v) is 16.1. The van der Waals surface area contributed by atoms with Crippen LogP contribution in [0.4, 0.5) is 5.69 Å². The molecule has 1 atom stereocenters. The summed E-state index contributed by atoms with van der Waals surface area (Å²) in [7, 11) is 0. The van der Waals surface area contributed by atoms with Gasteiger partial charge in [-0.1, -0.05) is 6.07 Å². The fourth-order valence-corrected chi connectivity index (χ4v) is 2.89. The van der Waals surface area contributed by atoms with Gasteiger partial charge in [-0.3, -0.25) is 9.59 Å². The van der Waals surface area contributed by atoms with E-state index in [2.05, 4.69) is 15.6 Å². The lowest BCUT2D eigenvalue weighted by Crippen LogP contribution is -2.32. The highest BCUT2D eigenvalue weighted by Crippen LogP contribution is 2.13. The molecular formula is C21H23N3O5. The largest absolute Gasteiger partial charge is 0.462 e. The van der Waals surface area contributed by atoms with Gasteiger partial charge in [-0.2, -0.15) is 0 Å². The molecule has 2 N–H and O–H groups in total. The van der Waals surface area contributed by atoms with Gasteiger partial charge in [0.15, 0.2) is 0 Å². The summed E-state index contributed by atoms with van der Waals surface area (Å²) >= 11 is 0. The molecule has 1 unspecified atom stereocenters. The lowest BCUT2D eigenvalue weighted by atomic mass is 10.2. The van der Waals surface area contributed by atoms with Crippen LogP contribution in [0.15, 0.2) is 42.5 Å². The van der Waals surface area contributed by atoms with Gasteiger partial charge < -0.3 is 20.1 Å². The van der Waals surface area contributed by atoms with Crippen LogP contribution in [-0.2, 0) is 9.47 Å². The number of esters is 1. The van der Waals surface area contributed by atoms with Gasteiger partial charge >= 0.3 is 5.97 Å². The lowest BCUT2D eigenvalue weighted by molar-refractivity contribution is 0.0526. The number of carbonyl (C=O) groups excluding carboxylic acids is 3. The number of nitrogens with zero attached hydrogens (tertiary/aromatic N) is 1. The Morgan fingerprint density at radius 2 is 1.83 bits per heavy atom. The maximum atomic E-state index is 12.5. The standard InChI is InChI=1S/C21H23N3O5/c1-2-28-21(27)14-8-10-15(11-9-14)23-20(26)18-7-3-6-17(24-18)19(25)22-13-16-5-4-12-29-16/h3,6-11,16H,2,4-5,12-13H2,1H3,(H,22,25)(H,23,26). The van der Waals surface area contributed by atoms with Crippen molar-refractivity contribution in [2.75, 3.05) is 25.1 Å². The lowest BCUT2D eigenvalue weighted by Gasteiger charge is -2.11. The maximum Gasteiger partial charge on any atom is 0.338 e. The molecule has 0 aliphatic carbocycles. The van der Waals surface area contributed by atoms with Crippen molar-refractivity contribution in [1.82, 2.24) is 10.3 Å². The second-order valence-electron chi connectivity index (χ2n) is 6.51. The Balaban J connectivity index is 1.60. The van der Waals surface area contributed by atoms with E-state index in [4.69, 9.17) is 9.47 Å². The molecule has 1 fully saturated rings. The van der Waals surface area contributed by atoms with Crippen LogP contribution >= 0.6 is 0 Å². The molecule has 0 radical (unpaired) electrons. The van der Waals surface area contributed by atoms with Crippen LogP contribution in [0.5, 0.6) is 0 Å². The van der Waals surface area contributed by atoms with Crippen molar-refractivity contribution < 1.29 is 23.9 Å². The molecule has 8 nitrogen and oxygen atoms in total. The molecule has 0 bridgehead atoms. The Morgan fingerprint density at radius 1 is 1.10 bits per heavy atom. The number of rotatable bonds is 7. The number of pyridine rings is 1. The Kier molecular flexibility index (Phi) is 6.91. The van der Waals surface area contributed by atoms with E-state index in [-0.39, 0.29) is 23.4 Å². The number of aromatic nitrogens is 1. The predicted molar refractivity (Wildman–Crippen MR) is 106 cm³/mol. The number of ether oxygens (including phenoxy) is 2. The van der Waals surface area contributed by atoms with Crippen molar-refractivity contribution in [2.24, 2.45) is 0 Å². The van der Waals surface area contributed by atoms with Crippen LogP contribution in [0, 0.1) is 0 Å². The predicted octanol–water partition coefficient (Wildman–Crippen LogP) is 2.42. The molecule has 8 heteroatoms. The van der Waals surface area contributed by atoms with Crippen LogP contribution in [0.2, 0.25) is 0 Å². The minimum Gasteiger partial charge on any atom is -0.462 e. The van der Waals surface area contributed by atoms with Crippen molar-refractivity contribution in [2.45, 2.75) is 25.9 Å². The first kappa shape index (κ1) is 20.5. The zero-order valence-electron chi connectivity index (χ0n) is 16.1. The molecule has 2 heterocycles. The second-order valence-corrected chi connectivity index (χ2v) is 6.51. The Labute approximate surface area is 168 Å². The molecule has 0 saturated carbocycles. The third-order valence-corrected chi connectivity index (χ3v) is 4.38. The quantitative estimate of drug-likeness (QED) is 0.695. The van der Waals surface area contributed by atoms with Gasteiger partial charge in [-0.15, -0.1) is 0 Å². The van der Waals surface area contributed by atoms with E-state index in [1.807, 2.05) is 0 Å². The second kappa shape index (κ2) is 9.79. The molecule has 3 rings (SSSR count). The van der Waals surface area contributed by atoms with Crippen molar-refractivity contribution >= 4 is 23.5 Å². The third-order valence-electron chi connectivity index (χ3n) is 4.38. The van der Waals surface area contributed by atoms with E-state index in [0.29, 0.717) is 24.4 Å². The molecule has 1 aliphatic rings. The number of hydrogen-bond donors (Lipinski definition) is 2. The molecular weight excluding hydrogens is 374 g/mol. The minimum absolute atomic E-state index is 0.0306. The molecule has 1 aromatic heterocycles. The average molecular weight is 397 g/mol. The number of nitrogens with one attached hydrogen (secondary N) is 2. The number of anilines is 1. The summed E-state index contributed by atoms with van der Waals surface area (Å²) in [5.74, 6) is -1.23. The van der Waals surface area contributed by atoms with Crippen molar-refractivity contribution in [3.05, 3.63) is 59.4 Å². The number of hydrogen-bond acceptors (Lipinski definition) is 6. The first-order valence-electron chi connectivity index (χ1n) is 9.52. The smallest absolute Gasteiger partial charge is 0.338 e. The molecule has 1 aromatic carbocycles. The average Bonchev–Trinajstić information content (AvgIpc) is 3.26. The highest BCUT2D eigenvalue weighted by Gasteiger charge is 2.18. The number of amides is 2.